The topological polar surface area (TPSA) is 86.3 Å². The second kappa shape index (κ2) is 8.37. The molecule has 0 spiro atoms. The van der Waals surface area contributed by atoms with Crippen LogP contribution in [0.4, 0.5) is 4.79 Å². The summed E-state index contributed by atoms with van der Waals surface area (Å²) in [5.41, 5.74) is -0.581. The standard InChI is InChI=1S/C19H39NO6Si/c1-17(2,3)25-16(22)20-11-13(26-27(9,10)18(4,5)6)15-14(12-21)23-19(7,8)24-15/h13-15,21H,11-12H2,1-10H3,(H,20,22)/t13-,14+,15-/m1/s1. The number of aliphatic hydroxyl groups is 1. The third-order valence-corrected chi connectivity index (χ3v) is 9.37. The molecule has 27 heavy (non-hydrogen) atoms. The molecular weight excluding hydrogens is 366 g/mol. The van der Waals surface area contributed by atoms with E-state index in [0.717, 1.165) is 0 Å². The average Bonchev–Trinajstić information content (AvgIpc) is 2.75. The summed E-state index contributed by atoms with van der Waals surface area (Å²) in [6, 6.07) is 0. The average molecular weight is 406 g/mol. The molecule has 2 N–H and O–H groups in total. The molecule has 0 radical (unpaired) electrons. The fourth-order valence-corrected chi connectivity index (χ4v) is 3.93. The molecule has 0 aliphatic carbocycles. The van der Waals surface area contributed by atoms with Crippen molar-refractivity contribution in [2.45, 2.75) is 103 Å². The quantitative estimate of drug-likeness (QED) is 0.659. The van der Waals surface area contributed by atoms with Crippen molar-refractivity contribution in [3.63, 3.8) is 0 Å². The van der Waals surface area contributed by atoms with E-state index in [1.54, 1.807) is 13.8 Å². The predicted molar refractivity (Wildman–Crippen MR) is 107 cm³/mol. The first-order valence-corrected chi connectivity index (χ1v) is 12.5. The molecular formula is C19H39NO6Si. The lowest BCUT2D eigenvalue weighted by molar-refractivity contribution is -0.155. The van der Waals surface area contributed by atoms with Crippen LogP contribution in [-0.4, -0.2) is 62.4 Å². The van der Waals surface area contributed by atoms with Crippen molar-refractivity contribution in [1.29, 1.82) is 0 Å². The van der Waals surface area contributed by atoms with Crippen molar-refractivity contribution < 1.29 is 28.5 Å². The van der Waals surface area contributed by atoms with Crippen molar-refractivity contribution in [2.75, 3.05) is 13.2 Å². The molecule has 0 aromatic rings. The van der Waals surface area contributed by atoms with Crippen LogP contribution in [0, 0.1) is 0 Å². The number of carbonyl (C=O) groups excluding carboxylic acids is 1. The Labute approximate surface area is 165 Å². The van der Waals surface area contributed by atoms with E-state index in [-0.39, 0.29) is 18.2 Å². The Morgan fingerprint density at radius 3 is 2.19 bits per heavy atom. The first-order valence-electron chi connectivity index (χ1n) is 9.58. The van der Waals surface area contributed by atoms with E-state index in [0.29, 0.717) is 0 Å². The maximum Gasteiger partial charge on any atom is 0.407 e. The van der Waals surface area contributed by atoms with Gasteiger partial charge in [-0.3, -0.25) is 0 Å². The van der Waals surface area contributed by atoms with Gasteiger partial charge in [-0.15, -0.1) is 0 Å². The van der Waals surface area contributed by atoms with Crippen LogP contribution < -0.4 is 5.32 Å². The number of aliphatic hydroxyl groups excluding tert-OH is 1. The summed E-state index contributed by atoms with van der Waals surface area (Å²) in [4.78, 5) is 12.1. The molecule has 3 atom stereocenters. The maximum atomic E-state index is 12.1. The molecule has 0 unspecified atom stereocenters. The van der Waals surface area contributed by atoms with E-state index >= 15 is 0 Å². The molecule has 1 aliphatic heterocycles. The van der Waals surface area contributed by atoms with Crippen LogP contribution >= 0.6 is 0 Å². The van der Waals surface area contributed by atoms with Gasteiger partial charge in [-0.25, -0.2) is 4.79 Å². The minimum atomic E-state index is -2.15. The molecule has 1 heterocycles. The minimum Gasteiger partial charge on any atom is -0.444 e. The molecule has 7 nitrogen and oxygen atoms in total. The number of ether oxygens (including phenoxy) is 3. The van der Waals surface area contributed by atoms with E-state index in [2.05, 4.69) is 39.2 Å². The highest BCUT2D eigenvalue weighted by atomic mass is 28.4. The van der Waals surface area contributed by atoms with Gasteiger partial charge in [0.15, 0.2) is 14.1 Å². The maximum absolute atomic E-state index is 12.1. The van der Waals surface area contributed by atoms with Gasteiger partial charge in [0, 0.05) is 6.54 Å². The Morgan fingerprint density at radius 2 is 1.74 bits per heavy atom. The minimum absolute atomic E-state index is 0.0130. The number of alkyl carbamates (subject to hydrolysis) is 1. The lowest BCUT2D eigenvalue weighted by Gasteiger charge is -2.41. The van der Waals surface area contributed by atoms with Crippen molar-refractivity contribution in [3.8, 4) is 0 Å². The molecule has 0 aromatic heterocycles. The van der Waals surface area contributed by atoms with E-state index in [1.807, 2.05) is 20.8 Å². The molecule has 160 valence electrons. The largest absolute Gasteiger partial charge is 0.444 e. The molecule has 1 aliphatic rings. The summed E-state index contributed by atoms with van der Waals surface area (Å²) in [6.45, 7) is 19.8. The van der Waals surface area contributed by atoms with Gasteiger partial charge in [0.1, 0.15) is 17.8 Å². The summed E-state index contributed by atoms with van der Waals surface area (Å²) in [5, 5.41) is 12.5. The zero-order chi connectivity index (χ0) is 21.3. The predicted octanol–water partition coefficient (Wildman–Crippen LogP) is 3.41. The fourth-order valence-electron chi connectivity index (χ4n) is 2.60. The Balaban J connectivity index is 2.98. The molecule has 1 rings (SSSR count). The van der Waals surface area contributed by atoms with Crippen molar-refractivity contribution in [3.05, 3.63) is 0 Å². The lowest BCUT2D eigenvalue weighted by Crippen LogP contribution is -2.53. The van der Waals surface area contributed by atoms with Crippen molar-refractivity contribution >= 4 is 14.4 Å². The third-order valence-electron chi connectivity index (χ3n) is 4.87. The number of amides is 1. The van der Waals surface area contributed by atoms with E-state index in [9.17, 15) is 9.90 Å². The monoisotopic (exact) mass is 405 g/mol. The van der Waals surface area contributed by atoms with Gasteiger partial charge in [-0.1, -0.05) is 20.8 Å². The van der Waals surface area contributed by atoms with Gasteiger partial charge in [0.25, 0.3) is 0 Å². The van der Waals surface area contributed by atoms with E-state index in [1.165, 1.54) is 0 Å². The van der Waals surface area contributed by atoms with Gasteiger partial charge < -0.3 is 29.1 Å². The SMILES string of the molecule is CC(C)(C)OC(=O)NC[C@@H](O[Si](C)(C)C(C)(C)C)[C@H]1OC(C)(C)O[C@H]1CO. The second-order valence-electron chi connectivity index (χ2n) is 10.1. The summed E-state index contributed by atoms with van der Waals surface area (Å²) >= 11 is 0. The first kappa shape index (κ1) is 24.4. The number of rotatable bonds is 6. The van der Waals surface area contributed by atoms with Gasteiger partial charge >= 0.3 is 6.09 Å². The highest BCUT2D eigenvalue weighted by Crippen LogP contribution is 2.39. The number of hydrogen-bond acceptors (Lipinski definition) is 6. The highest BCUT2D eigenvalue weighted by Gasteiger charge is 2.48. The van der Waals surface area contributed by atoms with Crippen LogP contribution in [-0.2, 0) is 18.6 Å². The Morgan fingerprint density at radius 1 is 1.19 bits per heavy atom. The van der Waals surface area contributed by atoms with Crippen LogP contribution in [0.3, 0.4) is 0 Å². The first-order chi connectivity index (χ1) is 12.0. The molecule has 0 bridgehead atoms. The Bertz CT molecular complexity index is 509. The van der Waals surface area contributed by atoms with Gasteiger partial charge in [-0.05, 0) is 52.8 Å². The van der Waals surface area contributed by atoms with Crippen LogP contribution in [0.5, 0.6) is 0 Å². The van der Waals surface area contributed by atoms with Crippen LogP contribution in [0.1, 0.15) is 55.4 Å². The second-order valence-corrected chi connectivity index (χ2v) is 14.9. The summed E-state index contributed by atoms with van der Waals surface area (Å²) < 4.78 is 23.7. The molecule has 8 heteroatoms. The van der Waals surface area contributed by atoms with E-state index in [4.69, 9.17) is 18.6 Å². The normalized spacial score (nSPS) is 24.6. The van der Waals surface area contributed by atoms with Crippen LogP contribution in [0.15, 0.2) is 0 Å². The molecule has 0 saturated carbocycles. The van der Waals surface area contributed by atoms with Gasteiger partial charge in [-0.2, -0.15) is 0 Å². The third kappa shape index (κ3) is 7.34. The number of hydrogen-bond donors (Lipinski definition) is 2. The van der Waals surface area contributed by atoms with Gasteiger partial charge in [0.2, 0.25) is 0 Å². The summed E-state index contributed by atoms with van der Waals surface area (Å²) in [5.74, 6) is -0.820. The molecule has 1 saturated heterocycles. The number of carbonyl (C=O) groups is 1. The van der Waals surface area contributed by atoms with Gasteiger partial charge in [0.05, 0.1) is 12.7 Å². The van der Waals surface area contributed by atoms with E-state index < -0.39 is 44.1 Å². The summed E-state index contributed by atoms with van der Waals surface area (Å²) in [7, 11) is -2.15. The Hall–Kier alpha value is -0.673. The van der Waals surface area contributed by atoms with Crippen LogP contribution in [0.2, 0.25) is 18.1 Å². The Kier molecular flexibility index (Phi) is 7.55. The fraction of sp³-hybridized carbons (Fsp3) is 0.947. The zero-order valence-electron chi connectivity index (χ0n) is 18.6. The molecule has 1 fully saturated rings. The van der Waals surface area contributed by atoms with Crippen molar-refractivity contribution in [2.24, 2.45) is 0 Å². The highest BCUT2D eigenvalue weighted by molar-refractivity contribution is 6.74. The molecule has 1 amide bonds. The van der Waals surface area contributed by atoms with Crippen LogP contribution in [0.25, 0.3) is 0 Å². The molecule has 0 aromatic carbocycles. The van der Waals surface area contributed by atoms with Crippen molar-refractivity contribution in [1.82, 2.24) is 5.32 Å². The zero-order valence-corrected chi connectivity index (χ0v) is 19.6. The smallest absolute Gasteiger partial charge is 0.407 e. The summed E-state index contributed by atoms with van der Waals surface area (Å²) in [6.07, 6.45) is -1.98. The lowest BCUT2D eigenvalue weighted by atomic mass is 10.1. The number of nitrogens with one attached hydrogen (secondary N) is 1.